The molecule has 0 radical (unpaired) electrons. The lowest BCUT2D eigenvalue weighted by Crippen LogP contribution is -2.35. The topological polar surface area (TPSA) is 73.9 Å². The van der Waals surface area contributed by atoms with Crippen molar-refractivity contribution in [2.24, 2.45) is 0 Å². The standard InChI is InChI=1S/C26H32N4O3/c1-18-14-25(31)28-23-6-5-20(16-21(18)23)27-26(32)22-15-19(17-29-10-12-33-13-11-29)4-7-24(22)30-8-2-3-9-30/h4-7,15-16,18H,2-3,8-14,17H2,1H3,(H,27,32)(H,28,31). The molecule has 174 valence electrons. The molecular weight excluding hydrogens is 416 g/mol. The highest BCUT2D eigenvalue weighted by molar-refractivity contribution is 6.08. The average molecular weight is 449 g/mol. The number of benzene rings is 2. The van der Waals surface area contributed by atoms with Gasteiger partial charge in [0, 0.05) is 56.2 Å². The normalized spacial score (nSPS) is 20.9. The second-order valence-corrected chi connectivity index (χ2v) is 9.34. The Morgan fingerprint density at radius 3 is 2.67 bits per heavy atom. The fourth-order valence-electron chi connectivity index (χ4n) is 5.06. The summed E-state index contributed by atoms with van der Waals surface area (Å²) in [6.45, 7) is 8.19. The predicted octanol–water partition coefficient (Wildman–Crippen LogP) is 3.82. The number of rotatable bonds is 5. The molecule has 2 aromatic rings. The predicted molar refractivity (Wildman–Crippen MR) is 130 cm³/mol. The third kappa shape index (κ3) is 4.89. The van der Waals surface area contributed by atoms with Crippen LogP contribution in [0, 0.1) is 0 Å². The smallest absolute Gasteiger partial charge is 0.257 e. The number of morpholine rings is 1. The van der Waals surface area contributed by atoms with E-state index < -0.39 is 0 Å². The van der Waals surface area contributed by atoms with Crippen LogP contribution in [0.2, 0.25) is 0 Å². The van der Waals surface area contributed by atoms with Crippen molar-refractivity contribution in [1.82, 2.24) is 4.90 Å². The van der Waals surface area contributed by atoms with E-state index in [4.69, 9.17) is 4.74 Å². The van der Waals surface area contributed by atoms with Crippen molar-refractivity contribution >= 4 is 28.9 Å². The van der Waals surface area contributed by atoms with E-state index >= 15 is 0 Å². The number of amides is 2. The highest BCUT2D eigenvalue weighted by Crippen LogP contribution is 2.34. The van der Waals surface area contributed by atoms with Gasteiger partial charge in [-0.05, 0) is 60.2 Å². The second kappa shape index (κ2) is 9.53. The maximum absolute atomic E-state index is 13.5. The van der Waals surface area contributed by atoms with E-state index in [0.717, 1.165) is 92.5 Å². The van der Waals surface area contributed by atoms with Gasteiger partial charge >= 0.3 is 0 Å². The molecule has 2 amide bonds. The first-order chi connectivity index (χ1) is 16.1. The summed E-state index contributed by atoms with van der Waals surface area (Å²) in [4.78, 5) is 30.0. The summed E-state index contributed by atoms with van der Waals surface area (Å²) in [7, 11) is 0. The molecule has 2 fully saturated rings. The van der Waals surface area contributed by atoms with Gasteiger partial charge in [-0.15, -0.1) is 0 Å². The van der Waals surface area contributed by atoms with E-state index in [-0.39, 0.29) is 17.7 Å². The van der Waals surface area contributed by atoms with Crippen molar-refractivity contribution in [3.05, 3.63) is 53.1 Å². The summed E-state index contributed by atoms with van der Waals surface area (Å²) in [6.07, 6.45) is 2.78. The van der Waals surface area contributed by atoms with E-state index in [9.17, 15) is 9.59 Å². The number of anilines is 3. The second-order valence-electron chi connectivity index (χ2n) is 9.34. The highest BCUT2D eigenvalue weighted by Gasteiger charge is 2.24. The molecule has 2 aromatic carbocycles. The van der Waals surface area contributed by atoms with Crippen molar-refractivity contribution < 1.29 is 14.3 Å². The largest absolute Gasteiger partial charge is 0.379 e. The first-order valence-electron chi connectivity index (χ1n) is 12.0. The van der Waals surface area contributed by atoms with Crippen molar-refractivity contribution in [3.8, 4) is 0 Å². The van der Waals surface area contributed by atoms with Gasteiger partial charge in [-0.1, -0.05) is 13.0 Å². The Morgan fingerprint density at radius 2 is 1.88 bits per heavy atom. The Kier molecular flexibility index (Phi) is 6.33. The van der Waals surface area contributed by atoms with Crippen LogP contribution >= 0.6 is 0 Å². The summed E-state index contributed by atoms with van der Waals surface area (Å²) in [5.74, 6) is 0.0786. The van der Waals surface area contributed by atoms with Crippen LogP contribution in [0.15, 0.2) is 36.4 Å². The number of hydrogen-bond acceptors (Lipinski definition) is 5. The van der Waals surface area contributed by atoms with Crippen molar-refractivity contribution in [3.63, 3.8) is 0 Å². The van der Waals surface area contributed by atoms with Crippen LogP contribution in [-0.2, 0) is 16.1 Å². The van der Waals surface area contributed by atoms with Gasteiger partial charge in [0.25, 0.3) is 5.91 Å². The number of ether oxygens (including phenoxy) is 1. The van der Waals surface area contributed by atoms with Crippen LogP contribution in [0.3, 0.4) is 0 Å². The first kappa shape index (κ1) is 21.9. The number of carbonyl (C=O) groups is 2. The molecule has 0 aliphatic carbocycles. The molecule has 1 unspecified atom stereocenters. The van der Waals surface area contributed by atoms with Crippen molar-refractivity contribution in [2.45, 2.75) is 38.6 Å². The molecule has 3 aliphatic heterocycles. The lowest BCUT2D eigenvalue weighted by atomic mass is 9.92. The number of hydrogen-bond donors (Lipinski definition) is 2. The van der Waals surface area contributed by atoms with E-state index in [0.29, 0.717) is 6.42 Å². The maximum atomic E-state index is 13.5. The molecule has 7 nitrogen and oxygen atoms in total. The fourth-order valence-corrected chi connectivity index (χ4v) is 5.06. The molecule has 0 saturated carbocycles. The average Bonchev–Trinajstić information content (AvgIpc) is 3.35. The van der Waals surface area contributed by atoms with Gasteiger partial charge in [-0.3, -0.25) is 14.5 Å². The first-order valence-corrected chi connectivity index (χ1v) is 12.0. The summed E-state index contributed by atoms with van der Waals surface area (Å²) in [5.41, 5.74) is 5.53. The molecule has 0 bridgehead atoms. The van der Waals surface area contributed by atoms with E-state index in [1.54, 1.807) is 0 Å². The summed E-state index contributed by atoms with van der Waals surface area (Å²) < 4.78 is 5.47. The monoisotopic (exact) mass is 448 g/mol. The van der Waals surface area contributed by atoms with Gasteiger partial charge < -0.3 is 20.3 Å². The van der Waals surface area contributed by atoms with Gasteiger partial charge in [0.15, 0.2) is 0 Å². The van der Waals surface area contributed by atoms with Crippen LogP contribution < -0.4 is 15.5 Å². The van der Waals surface area contributed by atoms with E-state index in [2.05, 4.69) is 38.6 Å². The molecule has 2 saturated heterocycles. The molecule has 3 heterocycles. The Morgan fingerprint density at radius 1 is 1.09 bits per heavy atom. The molecule has 5 rings (SSSR count). The molecule has 0 spiro atoms. The Balaban J connectivity index is 1.40. The zero-order valence-electron chi connectivity index (χ0n) is 19.2. The van der Waals surface area contributed by atoms with Crippen molar-refractivity contribution in [1.29, 1.82) is 0 Å². The van der Waals surface area contributed by atoms with Crippen LogP contribution in [0.25, 0.3) is 0 Å². The molecular formula is C26H32N4O3. The Hall–Kier alpha value is -2.90. The quantitative estimate of drug-likeness (QED) is 0.728. The third-order valence-corrected chi connectivity index (χ3v) is 6.87. The van der Waals surface area contributed by atoms with E-state index in [1.165, 1.54) is 0 Å². The molecule has 3 aliphatic rings. The van der Waals surface area contributed by atoms with Crippen molar-refractivity contribution in [2.75, 3.05) is 54.9 Å². The Labute approximate surface area is 195 Å². The summed E-state index contributed by atoms with van der Waals surface area (Å²) >= 11 is 0. The summed E-state index contributed by atoms with van der Waals surface area (Å²) in [5, 5.41) is 6.05. The minimum atomic E-state index is -0.0897. The van der Waals surface area contributed by atoms with Gasteiger partial charge in [-0.2, -0.15) is 0 Å². The van der Waals surface area contributed by atoms with E-state index in [1.807, 2.05) is 25.1 Å². The van der Waals surface area contributed by atoms with Gasteiger partial charge in [0.1, 0.15) is 0 Å². The van der Waals surface area contributed by atoms with Gasteiger partial charge in [0.2, 0.25) is 5.91 Å². The zero-order valence-corrected chi connectivity index (χ0v) is 19.2. The maximum Gasteiger partial charge on any atom is 0.257 e. The third-order valence-electron chi connectivity index (χ3n) is 6.87. The van der Waals surface area contributed by atoms with Crippen LogP contribution in [0.4, 0.5) is 17.1 Å². The number of nitrogens with zero attached hydrogens (tertiary/aromatic N) is 2. The number of fused-ring (bicyclic) bond motifs is 1. The van der Waals surface area contributed by atoms with Gasteiger partial charge in [0.05, 0.1) is 18.8 Å². The minimum Gasteiger partial charge on any atom is -0.379 e. The molecule has 33 heavy (non-hydrogen) atoms. The lowest BCUT2D eigenvalue weighted by molar-refractivity contribution is -0.116. The zero-order chi connectivity index (χ0) is 22.8. The van der Waals surface area contributed by atoms with Gasteiger partial charge in [-0.25, -0.2) is 0 Å². The van der Waals surface area contributed by atoms with Crippen LogP contribution in [-0.4, -0.2) is 56.1 Å². The molecule has 0 aromatic heterocycles. The fraction of sp³-hybridized carbons (Fsp3) is 0.462. The minimum absolute atomic E-state index is 0.0409. The number of nitrogens with one attached hydrogen (secondary N) is 2. The number of carbonyl (C=O) groups excluding carboxylic acids is 2. The molecule has 2 N–H and O–H groups in total. The Bertz CT molecular complexity index is 1040. The SMILES string of the molecule is CC1CC(=O)Nc2ccc(NC(=O)c3cc(CN4CCOCC4)ccc3N3CCCC3)cc21. The highest BCUT2D eigenvalue weighted by atomic mass is 16.5. The molecule has 1 atom stereocenters. The van der Waals surface area contributed by atoms with Crippen LogP contribution in [0.1, 0.15) is 53.6 Å². The molecule has 7 heteroatoms. The summed E-state index contributed by atoms with van der Waals surface area (Å²) in [6, 6.07) is 12.1. The lowest BCUT2D eigenvalue weighted by Gasteiger charge is -2.27. The van der Waals surface area contributed by atoms with Crippen LogP contribution in [0.5, 0.6) is 0 Å².